The first-order chi connectivity index (χ1) is 18.9. The highest BCUT2D eigenvalue weighted by Crippen LogP contribution is 2.31. The minimum absolute atomic E-state index is 0.00426. The normalized spacial score (nSPS) is 18.9. The van der Waals surface area contributed by atoms with Crippen LogP contribution in [0.4, 0.5) is 8.78 Å². The number of carbonyl (C=O) groups is 1. The summed E-state index contributed by atoms with van der Waals surface area (Å²) in [6.45, 7) is 6.19. The average Bonchev–Trinajstić information content (AvgIpc) is 2.95. The summed E-state index contributed by atoms with van der Waals surface area (Å²) < 4.78 is 39.9. The van der Waals surface area contributed by atoms with E-state index in [-0.39, 0.29) is 24.4 Å². The molecule has 0 bridgehead atoms. The largest absolute Gasteiger partial charge is 0.488 e. The lowest BCUT2D eigenvalue weighted by molar-refractivity contribution is -0.157. The first-order valence-electron chi connectivity index (χ1n) is 15.3. The molecular weight excluding hydrogens is 494 g/mol. The number of esters is 1. The van der Waals surface area contributed by atoms with E-state index >= 15 is 0 Å². The van der Waals surface area contributed by atoms with Gasteiger partial charge in [0.05, 0.1) is 6.10 Å². The number of hydrogen-bond acceptors (Lipinski definition) is 3. The minimum Gasteiger partial charge on any atom is -0.488 e. The van der Waals surface area contributed by atoms with Crippen molar-refractivity contribution in [2.24, 2.45) is 5.92 Å². The predicted octanol–water partition coefficient (Wildman–Crippen LogP) is 9.79. The molecule has 3 rings (SSSR count). The molecular formula is C34H48F2O3. The van der Waals surface area contributed by atoms with Crippen LogP contribution in [0.3, 0.4) is 0 Å². The topological polar surface area (TPSA) is 35.5 Å². The van der Waals surface area contributed by atoms with Crippen LogP contribution in [-0.4, -0.2) is 24.3 Å². The van der Waals surface area contributed by atoms with Crippen LogP contribution in [-0.2, 0) is 16.0 Å². The van der Waals surface area contributed by atoms with E-state index in [0.717, 1.165) is 68.9 Å². The molecule has 2 aromatic carbocycles. The summed E-state index contributed by atoms with van der Waals surface area (Å²) in [6, 6.07) is 13.6. The lowest BCUT2D eigenvalue weighted by Gasteiger charge is -2.28. The Hall–Kier alpha value is -2.43. The van der Waals surface area contributed by atoms with Crippen LogP contribution in [0.25, 0.3) is 11.1 Å². The van der Waals surface area contributed by atoms with Gasteiger partial charge in [0, 0.05) is 0 Å². The summed E-state index contributed by atoms with van der Waals surface area (Å²) in [7, 11) is 0. The maximum absolute atomic E-state index is 14.8. The number of ether oxygens (including phenoxy) is 2. The molecule has 0 aromatic heterocycles. The van der Waals surface area contributed by atoms with Gasteiger partial charge in [-0.3, -0.25) is 0 Å². The fraction of sp³-hybridized carbons (Fsp3) is 0.618. The van der Waals surface area contributed by atoms with E-state index < -0.39 is 12.1 Å². The smallest absolute Gasteiger partial charge is 0.340 e. The highest BCUT2D eigenvalue weighted by molar-refractivity contribution is 5.74. The van der Waals surface area contributed by atoms with E-state index in [0.29, 0.717) is 18.1 Å². The highest BCUT2D eigenvalue weighted by atomic mass is 19.1. The van der Waals surface area contributed by atoms with Crippen LogP contribution in [0.15, 0.2) is 42.5 Å². The van der Waals surface area contributed by atoms with Gasteiger partial charge < -0.3 is 9.47 Å². The molecule has 5 heteroatoms. The SMILES string of the molecule is CCCCCC[C@@H](C)Oc1ccc(-c2ccc(CC[C@H]3CC[C@H](OC(=O)[C@@H](F)CCCC)CC3)cc2)cc1F. The second-order valence-corrected chi connectivity index (χ2v) is 11.3. The van der Waals surface area contributed by atoms with Crippen molar-refractivity contribution < 1.29 is 23.0 Å². The van der Waals surface area contributed by atoms with Crippen LogP contribution in [0.1, 0.15) is 110 Å². The Kier molecular flexibility index (Phi) is 13.3. The van der Waals surface area contributed by atoms with Gasteiger partial charge in [0.15, 0.2) is 17.7 Å². The maximum Gasteiger partial charge on any atom is 0.340 e. The molecule has 1 aliphatic carbocycles. The Morgan fingerprint density at radius 3 is 2.26 bits per heavy atom. The van der Waals surface area contributed by atoms with Crippen LogP contribution >= 0.6 is 0 Å². The number of unbranched alkanes of at least 4 members (excludes halogenated alkanes) is 4. The van der Waals surface area contributed by atoms with Crippen molar-refractivity contribution in [3.8, 4) is 16.9 Å². The third-order valence-corrected chi connectivity index (χ3v) is 8.00. The molecule has 0 spiro atoms. The number of hydrogen-bond donors (Lipinski definition) is 0. The van der Waals surface area contributed by atoms with Gasteiger partial charge in [-0.2, -0.15) is 0 Å². The first-order valence-corrected chi connectivity index (χ1v) is 15.3. The van der Waals surface area contributed by atoms with Gasteiger partial charge in [0.25, 0.3) is 0 Å². The molecule has 0 saturated heterocycles. The molecule has 0 aliphatic heterocycles. The van der Waals surface area contributed by atoms with E-state index in [1.807, 2.05) is 19.9 Å². The number of rotatable bonds is 16. The van der Waals surface area contributed by atoms with Gasteiger partial charge in [-0.25, -0.2) is 13.6 Å². The lowest BCUT2D eigenvalue weighted by atomic mass is 9.83. The Morgan fingerprint density at radius 2 is 1.59 bits per heavy atom. The summed E-state index contributed by atoms with van der Waals surface area (Å²) >= 11 is 0. The van der Waals surface area contributed by atoms with Crippen LogP contribution in [0.5, 0.6) is 5.75 Å². The zero-order chi connectivity index (χ0) is 28.0. The number of benzene rings is 2. The van der Waals surface area contributed by atoms with Crippen LogP contribution < -0.4 is 4.74 Å². The van der Waals surface area contributed by atoms with Gasteiger partial charge in [0.1, 0.15) is 6.10 Å². The molecule has 0 unspecified atom stereocenters. The molecule has 0 N–H and O–H groups in total. The lowest BCUT2D eigenvalue weighted by Crippen LogP contribution is -2.29. The fourth-order valence-corrected chi connectivity index (χ4v) is 5.42. The molecule has 216 valence electrons. The molecule has 1 saturated carbocycles. The van der Waals surface area contributed by atoms with Crippen molar-refractivity contribution in [1.82, 2.24) is 0 Å². The quantitative estimate of drug-likeness (QED) is 0.156. The third-order valence-electron chi connectivity index (χ3n) is 8.00. The number of carbonyl (C=O) groups excluding carboxylic acids is 1. The summed E-state index contributed by atoms with van der Waals surface area (Å²) in [5.74, 6) is -0.0805. The van der Waals surface area contributed by atoms with Crippen molar-refractivity contribution in [3.05, 3.63) is 53.8 Å². The van der Waals surface area contributed by atoms with E-state index in [1.54, 1.807) is 12.1 Å². The minimum atomic E-state index is -1.48. The number of halogens is 2. The summed E-state index contributed by atoms with van der Waals surface area (Å²) in [6.07, 6.45) is 11.6. The van der Waals surface area contributed by atoms with Crippen molar-refractivity contribution >= 4 is 5.97 Å². The van der Waals surface area contributed by atoms with Crippen molar-refractivity contribution in [1.29, 1.82) is 0 Å². The van der Waals surface area contributed by atoms with Crippen LogP contribution in [0.2, 0.25) is 0 Å². The average molecular weight is 543 g/mol. The molecule has 1 fully saturated rings. The summed E-state index contributed by atoms with van der Waals surface area (Å²) in [5, 5.41) is 0. The molecule has 3 nitrogen and oxygen atoms in total. The van der Waals surface area contributed by atoms with Gasteiger partial charge in [-0.1, -0.05) is 76.3 Å². The molecule has 0 radical (unpaired) electrons. The Balaban J connectivity index is 1.41. The van der Waals surface area contributed by atoms with Crippen molar-refractivity contribution in [2.75, 3.05) is 0 Å². The highest BCUT2D eigenvalue weighted by Gasteiger charge is 2.27. The molecule has 1 aliphatic rings. The van der Waals surface area contributed by atoms with E-state index in [9.17, 15) is 13.6 Å². The molecule has 0 amide bonds. The van der Waals surface area contributed by atoms with Gasteiger partial charge in [-0.15, -0.1) is 0 Å². The molecule has 39 heavy (non-hydrogen) atoms. The van der Waals surface area contributed by atoms with Gasteiger partial charge >= 0.3 is 5.97 Å². The monoisotopic (exact) mass is 542 g/mol. The van der Waals surface area contributed by atoms with E-state index in [4.69, 9.17) is 9.47 Å². The first kappa shape index (κ1) is 31.1. The number of aryl methyl sites for hydroxylation is 1. The Morgan fingerprint density at radius 1 is 0.897 bits per heavy atom. The molecule has 2 aromatic rings. The zero-order valence-corrected chi connectivity index (χ0v) is 24.2. The predicted molar refractivity (Wildman–Crippen MR) is 155 cm³/mol. The molecule has 2 atom stereocenters. The second kappa shape index (κ2) is 16.6. The Bertz CT molecular complexity index is 982. The summed E-state index contributed by atoms with van der Waals surface area (Å²) in [5.41, 5.74) is 3.10. The second-order valence-electron chi connectivity index (χ2n) is 11.3. The number of alkyl halides is 1. The fourth-order valence-electron chi connectivity index (χ4n) is 5.42. The van der Waals surface area contributed by atoms with Gasteiger partial charge in [0.2, 0.25) is 0 Å². The Labute approximate surface area is 234 Å². The zero-order valence-electron chi connectivity index (χ0n) is 24.2. The summed E-state index contributed by atoms with van der Waals surface area (Å²) in [4.78, 5) is 11.9. The van der Waals surface area contributed by atoms with Crippen molar-refractivity contribution in [2.45, 2.75) is 129 Å². The van der Waals surface area contributed by atoms with Crippen molar-refractivity contribution in [3.63, 3.8) is 0 Å². The third kappa shape index (κ3) is 10.6. The standard InChI is InChI=1S/C34H48F2O3/c1-4-6-8-9-10-25(3)38-33-23-20-29(24-32(33)36)28-18-14-26(15-19-28)12-13-27-16-21-30(22-17-27)39-34(37)31(35)11-7-5-2/h14-15,18-20,23-25,27,30-31H,4-13,16-17,21-22H2,1-3H3/t25-,27-,30-,31+/m1/s1. The van der Waals surface area contributed by atoms with E-state index in [1.165, 1.54) is 24.8 Å². The maximum atomic E-state index is 14.8. The van der Waals surface area contributed by atoms with Crippen LogP contribution in [0, 0.1) is 11.7 Å². The molecule has 0 heterocycles. The van der Waals surface area contributed by atoms with Gasteiger partial charge in [-0.05, 0) is 99.5 Å². The van der Waals surface area contributed by atoms with E-state index in [2.05, 4.69) is 31.2 Å².